The molecular formula is C29H40O6. The monoisotopic (exact) mass is 484 g/mol. The highest BCUT2D eigenvalue weighted by atomic mass is 16.5. The molecule has 0 aliphatic carbocycles. The topological polar surface area (TPSA) is 71.1 Å². The molecule has 0 radical (unpaired) electrons. The Labute approximate surface area is 209 Å². The van der Waals surface area contributed by atoms with Gasteiger partial charge in [0.05, 0.1) is 26.1 Å². The van der Waals surface area contributed by atoms with E-state index in [1.165, 1.54) is 0 Å². The van der Waals surface area contributed by atoms with Gasteiger partial charge in [-0.3, -0.25) is 9.59 Å². The largest absolute Gasteiger partial charge is 0.427 e. The second-order valence-electron chi connectivity index (χ2n) is 10.3. The summed E-state index contributed by atoms with van der Waals surface area (Å²) in [5.41, 5.74) is -0.362. The lowest BCUT2D eigenvalue weighted by atomic mass is 9.84. The van der Waals surface area contributed by atoms with Crippen molar-refractivity contribution in [3.05, 3.63) is 60.7 Å². The van der Waals surface area contributed by atoms with Crippen molar-refractivity contribution < 1.29 is 28.5 Å². The van der Waals surface area contributed by atoms with E-state index in [1.807, 2.05) is 50.2 Å². The van der Waals surface area contributed by atoms with Gasteiger partial charge in [-0.15, -0.1) is 0 Å². The lowest BCUT2D eigenvalue weighted by Gasteiger charge is -2.23. The Morgan fingerprint density at radius 2 is 1.03 bits per heavy atom. The van der Waals surface area contributed by atoms with Gasteiger partial charge in [-0.2, -0.15) is 0 Å². The minimum absolute atomic E-state index is 0.154. The number of carbonyl (C=O) groups is 2. The van der Waals surface area contributed by atoms with E-state index in [1.54, 1.807) is 24.3 Å². The molecule has 0 aromatic heterocycles. The van der Waals surface area contributed by atoms with Crippen LogP contribution in [0.5, 0.6) is 11.5 Å². The average Bonchev–Trinajstić information content (AvgIpc) is 2.78. The number of hydrogen-bond donors (Lipinski definition) is 0. The van der Waals surface area contributed by atoms with Crippen LogP contribution >= 0.6 is 0 Å². The number of benzene rings is 2. The molecule has 0 atom stereocenters. The molecule has 2 rings (SSSR count). The van der Waals surface area contributed by atoms with Gasteiger partial charge in [0.15, 0.2) is 0 Å². The maximum Gasteiger partial charge on any atom is 0.311 e. The number of ether oxygens (including phenoxy) is 4. The molecule has 0 spiro atoms. The molecule has 6 heteroatoms. The Hall–Kier alpha value is -2.70. The number of carbonyl (C=O) groups excluding carboxylic acids is 2. The highest BCUT2D eigenvalue weighted by Crippen LogP contribution is 2.28. The maximum absolute atomic E-state index is 12.2. The molecule has 0 aliphatic rings. The van der Waals surface area contributed by atoms with Gasteiger partial charge in [0.1, 0.15) is 11.5 Å². The van der Waals surface area contributed by atoms with Crippen molar-refractivity contribution in [3.8, 4) is 11.5 Å². The van der Waals surface area contributed by atoms with Gasteiger partial charge in [0.25, 0.3) is 0 Å². The normalized spacial score (nSPS) is 11.8. The predicted molar refractivity (Wildman–Crippen MR) is 136 cm³/mol. The number of esters is 2. The van der Waals surface area contributed by atoms with Crippen LogP contribution in [-0.4, -0.2) is 38.4 Å². The summed E-state index contributed by atoms with van der Waals surface area (Å²) in [4.78, 5) is 24.3. The standard InChI is InChI=1S/C29H40O6/c1-28(2,22-26(30)34-24-12-7-5-8-13-24)16-11-18-32-20-21-33-19-17-29(3,4)23-27(31)35-25-14-9-6-10-15-25/h5-10,12-15H,11,16-23H2,1-4H3. The second-order valence-corrected chi connectivity index (χ2v) is 10.3. The van der Waals surface area contributed by atoms with Crippen LogP contribution < -0.4 is 9.47 Å². The van der Waals surface area contributed by atoms with Gasteiger partial charge in [-0.05, 0) is 54.4 Å². The predicted octanol–water partition coefficient (Wildman–Crippen LogP) is 6.23. The molecule has 192 valence electrons. The molecule has 0 N–H and O–H groups in total. The molecule has 2 aromatic rings. The molecule has 0 fully saturated rings. The van der Waals surface area contributed by atoms with Crippen LogP contribution in [0.2, 0.25) is 0 Å². The fraction of sp³-hybridized carbons (Fsp3) is 0.517. The third-order valence-electron chi connectivity index (χ3n) is 5.63. The van der Waals surface area contributed by atoms with Gasteiger partial charge in [-0.25, -0.2) is 0 Å². The van der Waals surface area contributed by atoms with Crippen molar-refractivity contribution in [2.24, 2.45) is 10.8 Å². The van der Waals surface area contributed by atoms with E-state index in [-0.39, 0.29) is 22.8 Å². The summed E-state index contributed by atoms with van der Waals surface area (Å²) >= 11 is 0. The second kappa shape index (κ2) is 14.6. The molecule has 0 aliphatic heterocycles. The number of hydrogen-bond acceptors (Lipinski definition) is 6. The van der Waals surface area contributed by atoms with Gasteiger partial charge >= 0.3 is 11.9 Å². The van der Waals surface area contributed by atoms with E-state index in [9.17, 15) is 9.59 Å². The molecule has 0 heterocycles. The fourth-order valence-electron chi connectivity index (χ4n) is 3.59. The molecule has 0 unspecified atom stereocenters. The van der Waals surface area contributed by atoms with Crippen LogP contribution in [0, 0.1) is 10.8 Å². The van der Waals surface area contributed by atoms with E-state index >= 15 is 0 Å². The lowest BCUT2D eigenvalue weighted by molar-refractivity contribution is -0.137. The Bertz CT molecular complexity index is 803. The van der Waals surface area contributed by atoms with Crippen molar-refractivity contribution in [2.45, 2.75) is 59.8 Å². The number of para-hydroxylation sites is 2. The summed E-state index contributed by atoms with van der Waals surface area (Å²) in [6, 6.07) is 18.3. The van der Waals surface area contributed by atoms with E-state index in [2.05, 4.69) is 13.8 Å². The zero-order valence-electron chi connectivity index (χ0n) is 21.6. The highest BCUT2D eigenvalue weighted by Gasteiger charge is 2.24. The van der Waals surface area contributed by atoms with Crippen molar-refractivity contribution in [3.63, 3.8) is 0 Å². The molecular weight excluding hydrogens is 444 g/mol. The SMILES string of the molecule is CC(C)(CCCOCCOCCC(C)(C)CC(=O)Oc1ccccc1)CC(=O)Oc1ccccc1. The third kappa shape index (κ3) is 13.1. The quantitative estimate of drug-likeness (QED) is 0.160. The van der Waals surface area contributed by atoms with Crippen molar-refractivity contribution >= 4 is 11.9 Å². The van der Waals surface area contributed by atoms with Crippen molar-refractivity contribution in [1.29, 1.82) is 0 Å². The first-order chi connectivity index (χ1) is 16.7. The van der Waals surface area contributed by atoms with Gasteiger partial charge < -0.3 is 18.9 Å². The summed E-state index contributed by atoms with van der Waals surface area (Å²) < 4.78 is 22.1. The van der Waals surface area contributed by atoms with Crippen LogP contribution in [0.4, 0.5) is 0 Å². The summed E-state index contributed by atoms with van der Waals surface area (Å²) in [5, 5.41) is 0. The van der Waals surface area contributed by atoms with E-state index < -0.39 is 0 Å². The van der Waals surface area contributed by atoms with Crippen LogP contribution in [0.1, 0.15) is 59.8 Å². The smallest absolute Gasteiger partial charge is 0.311 e. The molecule has 0 saturated carbocycles. The van der Waals surface area contributed by atoms with Gasteiger partial charge in [0, 0.05) is 13.2 Å². The third-order valence-corrected chi connectivity index (χ3v) is 5.63. The summed E-state index contributed by atoms with van der Waals surface area (Å²) in [7, 11) is 0. The Kier molecular flexibility index (Phi) is 11.9. The summed E-state index contributed by atoms with van der Waals surface area (Å²) in [6.07, 6.45) is 3.17. The average molecular weight is 485 g/mol. The van der Waals surface area contributed by atoms with Crippen LogP contribution in [0.25, 0.3) is 0 Å². The molecule has 35 heavy (non-hydrogen) atoms. The van der Waals surface area contributed by atoms with Crippen LogP contribution in [0.3, 0.4) is 0 Å². The van der Waals surface area contributed by atoms with Gasteiger partial charge in [0.2, 0.25) is 0 Å². The zero-order chi connectivity index (χ0) is 25.6. The minimum atomic E-state index is -0.235. The summed E-state index contributed by atoms with van der Waals surface area (Å²) in [5.74, 6) is 0.692. The van der Waals surface area contributed by atoms with Crippen molar-refractivity contribution in [2.75, 3.05) is 26.4 Å². The highest BCUT2D eigenvalue weighted by molar-refractivity contribution is 5.73. The Morgan fingerprint density at radius 3 is 1.51 bits per heavy atom. The minimum Gasteiger partial charge on any atom is -0.427 e. The van der Waals surface area contributed by atoms with Crippen LogP contribution in [0.15, 0.2) is 60.7 Å². The molecule has 0 amide bonds. The van der Waals surface area contributed by atoms with E-state index in [0.29, 0.717) is 50.8 Å². The lowest BCUT2D eigenvalue weighted by Crippen LogP contribution is -2.23. The Morgan fingerprint density at radius 1 is 0.600 bits per heavy atom. The zero-order valence-corrected chi connectivity index (χ0v) is 21.6. The maximum atomic E-state index is 12.2. The van der Waals surface area contributed by atoms with E-state index in [4.69, 9.17) is 18.9 Å². The summed E-state index contributed by atoms with van der Waals surface area (Å²) in [6.45, 7) is 10.4. The van der Waals surface area contributed by atoms with Gasteiger partial charge in [-0.1, -0.05) is 64.1 Å². The Balaban J connectivity index is 1.49. The first-order valence-electron chi connectivity index (χ1n) is 12.3. The molecule has 6 nitrogen and oxygen atoms in total. The molecule has 0 bridgehead atoms. The molecule has 2 aromatic carbocycles. The number of rotatable bonds is 16. The fourth-order valence-corrected chi connectivity index (χ4v) is 3.59. The van der Waals surface area contributed by atoms with E-state index in [0.717, 1.165) is 19.3 Å². The molecule has 0 saturated heterocycles. The first-order valence-corrected chi connectivity index (χ1v) is 12.3. The first kappa shape index (κ1) is 28.5. The van der Waals surface area contributed by atoms with Crippen molar-refractivity contribution in [1.82, 2.24) is 0 Å². The van der Waals surface area contributed by atoms with Crippen LogP contribution in [-0.2, 0) is 19.1 Å².